The van der Waals surface area contributed by atoms with E-state index in [9.17, 15) is 4.79 Å². The highest BCUT2D eigenvalue weighted by Crippen LogP contribution is 2.38. The number of aromatic nitrogens is 4. The highest BCUT2D eigenvalue weighted by Gasteiger charge is 2.34. The van der Waals surface area contributed by atoms with Crippen molar-refractivity contribution in [1.29, 1.82) is 0 Å². The number of methoxy groups -OCH3 is 2. The van der Waals surface area contributed by atoms with Crippen LogP contribution in [0.1, 0.15) is 24.1 Å². The summed E-state index contributed by atoms with van der Waals surface area (Å²) >= 11 is 0. The molecule has 3 heterocycles. The van der Waals surface area contributed by atoms with Gasteiger partial charge in [0.2, 0.25) is 5.95 Å². The number of hydrogen-bond acceptors (Lipinski definition) is 7. The van der Waals surface area contributed by atoms with Crippen LogP contribution < -0.4 is 20.1 Å². The van der Waals surface area contributed by atoms with Gasteiger partial charge in [0, 0.05) is 17.5 Å². The van der Waals surface area contributed by atoms with Crippen LogP contribution in [0.2, 0.25) is 0 Å². The Kier molecular flexibility index (Phi) is 6.12. The summed E-state index contributed by atoms with van der Waals surface area (Å²) in [5.74, 6) is 2.00. The molecule has 9 heteroatoms. The van der Waals surface area contributed by atoms with Crippen molar-refractivity contribution in [3.63, 3.8) is 0 Å². The van der Waals surface area contributed by atoms with Gasteiger partial charge in [-0.05, 0) is 49.7 Å². The number of aryl methyl sites for hydroxylation is 1. The third-order valence-electron chi connectivity index (χ3n) is 6.02. The number of rotatable bonds is 6. The normalized spacial score (nSPS) is 14.6. The van der Waals surface area contributed by atoms with Gasteiger partial charge in [0.15, 0.2) is 17.3 Å². The smallest absolute Gasteiger partial charge is 0.255 e. The molecule has 0 aliphatic carbocycles. The summed E-state index contributed by atoms with van der Waals surface area (Å²) in [5, 5.41) is 11.1. The second-order valence-corrected chi connectivity index (χ2v) is 8.45. The van der Waals surface area contributed by atoms with E-state index in [1.807, 2.05) is 50.2 Å². The molecule has 182 valence electrons. The van der Waals surface area contributed by atoms with Crippen LogP contribution in [0.5, 0.6) is 11.5 Å². The van der Waals surface area contributed by atoms with Crippen LogP contribution in [0, 0.1) is 6.92 Å². The fourth-order valence-corrected chi connectivity index (χ4v) is 4.33. The van der Waals surface area contributed by atoms with Gasteiger partial charge >= 0.3 is 0 Å². The van der Waals surface area contributed by atoms with Crippen LogP contribution in [-0.4, -0.2) is 39.9 Å². The summed E-state index contributed by atoms with van der Waals surface area (Å²) < 4.78 is 12.6. The molecule has 1 atom stereocenters. The first-order valence-electron chi connectivity index (χ1n) is 11.4. The quantitative estimate of drug-likeness (QED) is 0.414. The fourth-order valence-electron chi connectivity index (χ4n) is 4.33. The standard InChI is InChI=1S/C27H26N6O3/c1-16-7-5-8-18(13-16)24-23(26(34)30-20-9-6-12-28-15-20)17(2)29-27-31-25(32-33(24)27)19-10-11-21(35-3)22(14-19)36-4/h5-15,24H,1-4H3,(H,30,34)(H,29,31,32). The fraction of sp³-hybridized carbons (Fsp3) is 0.185. The van der Waals surface area contributed by atoms with Gasteiger partial charge in [0.05, 0.1) is 31.7 Å². The van der Waals surface area contributed by atoms with Gasteiger partial charge in [0.1, 0.15) is 6.04 Å². The van der Waals surface area contributed by atoms with E-state index < -0.39 is 6.04 Å². The molecule has 0 bridgehead atoms. The summed E-state index contributed by atoms with van der Waals surface area (Å²) in [4.78, 5) is 22.4. The Labute approximate surface area is 208 Å². The van der Waals surface area contributed by atoms with Crippen molar-refractivity contribution in [1.82, 2.24) is 19.7 Å². The van der Waals surface area contributed by atoms with Crippen LogP contribution in [-0.2, 0) is 4.79 Å². The summed E-state index contributed by atoms with van der Waals surface area (Å²) in [6.45, 7) is 3.89. The Hall–Kier alpha value is -4.66. The average Bonchev–Trinajstić information content (AvgIpc) is 3.31. The zero-order valence-corrected chi connectivity index (χ0v) is 20.4. The van der Waals surface area contributed by atoms with E-state index in [-0.39, 0.29) is 5.91 Å². The van der Waals surface area contributed by atoms with Crippen LogP contribution in [0.3, 0.4) is 0 Å². The molecule has 0 radical (unpaired) electrons. The number of fused-ring (bicyclic) bond motifs is 1. The highest BCUT2D eigenvalue weighted by atomic mass is 16.5. The summed E-state index contributed by atoms with van der Waals surface area (Å²) in [7, 11) is 3.18. The van der Waals surface area contributed by atoms with Crippen LogP contribution >= 0.6 is 0 Å². The maximum atomic E-state index is 13.6. The largest absolute Gasteiger partial charge is 0.493 e. The second-order valence-electron chi connectivity index (χ2n) is 8.45. The zero-order chi connectivity index (χ0) is 25.2. The molecule has 9 nitrogen and oxygen atoms in total. The van der Waals surface area contributed by atoms with Crippen molar-refractivity contribution < 1.29 is 14.3 Å². The van der Waals surface area contributed by atoms with Crippen LogP contribution in [0.4, 0.5) is 11.6 Å². The minimum Gasteiger partial charge on any atom is -0.493 e. The number of anilines is 2. The van der Waals surface area contributed by atoms with Crippen molar-refractivity contribution in [2.75, 3.05) is 24.9 Å². The van der Waals surface area contributed by atoms with E-state index >= 15 is 0 Å². The molecule has 0 saturated heterocycles. The monoisotopic (exact) mass is 482 g/mol. The van der Waals surface area contributed by atoms with Gasteiger partial charge in [-0.1, -0.05) is 29.8 Å². The maximum absolute atomic E-state index is 13.6. The molecule has 1 aliphatic rings. The number of nitrogens with zero attached hydrogens (tertiary/aromatic N) is 4. The minimum absolute atomic E-state index is 0.242. The second kappa shape index (κ2) is 9.53. The summed E-state index contributed by atoms with van der Waals surface area (Å²) in [5.41, 5.74) is 4.62. The Morgan fingerprint density at radius 1 is 1.03 bits per heavy atom. The topological polar surface area (TPSA) is 103 Å². The molecule has 0 spiro atoms. The molecule has 2 N–H and O–H groups in total. The van der Waals surface area contributed by atoms with E-state index in [1.54, 1.807) is 43.4 Å². The lowest BCUT2D eigenvalue weighted by atomic mass is 9.94. The van der Waals surface area contributed by atoms with Gasteiger partial charge in [-0.3, -0.25) is 9.78 Å². The van der Waals surface area contributed by atoms with E-state index in [0.29, 0.717) is 40.2 Å². The first kappa shape index (κ1) is 23.1. The number of pyridine rings is 1. The van der Waals surface area contributed by atoms with E-state index in [1.165, 1.54) is 0 Å². The molecule has 2 aromatic carbocycles. The lowest BCUT2D eigenvalue weighted by Crippen LogP contribution is -2.31. The molecule has 0 fully saturated rings. The first-order chi connectivity index (χ1) is 17.5. The van der Waals surface area contributed by atoms with Crippen LogP contribution in [0.15, 0.2) is 78.3 Å². The van der Waals surface area contributed by atoms with Crippen molar-refractivity contribution in [2.45, 2.75) is 19.9 Å². The molecule has 0 saturated carbocycles. The number of nitrogens with one attached hydrogen (secondary N) is 2. The lowest BCUT2D eigenvalue weighted by Gasteiger charge is -2.28. The number of hydrogen-bond donors (Lipinski definition) is 2. The van der Waals surface area contributed by atoms with Crippen molar-refractivity contribution >= 4 is 17.5 Å². The Morgan fingerprint density at radius 2 is 1.86 bits per heavy atom. The molecule has 5 rings (SSSR count). The molecule has 4 aromatic rings. The molecule has 1 aliphatic heterocycles. The van der Waals surface area contributed by atoms with Gasteiger partial charge in [-0.25, -0.2) is 4.68 Å². The molecule has 36 heavy (non-hydrogen) atoms. The number of ether oxygens (including phenoxy) is 2. The van der Waals surface area contributed by atoms with E-state index in [4.69, 9.17) is 19.6 Å². The molecule has 1 amide bonds. The molecule has 1 unspecified atom stereocenters. The lowest BCUT2D eigenvalue weighted by molar-refractivity contribution is -0.113. The van der Waals surface area contributed by atoms with Crippen molar-refractivity contribution in [3.05, 3.63) is 89.4 Å². The van der Waals surface area contributed by atoms with Gasteiger partial charge in [-0.15, -0.1) is 5.10 Å². The minimum atomic E-state index is -0.487. The maximum Gasteiger partial charge on any atom is 0.255 e. The Bertz CT molecular complexity index is 1460. The van der Waals surface area contributed by atoms with E-state index in [2.05, 4.69) is 21.7 Å². The summed E-state index contributed by atoms with van der Waals surface area (Å²) in [6, 6.07) is 16.7. The predicted molar refractivity (Wildman–Crippen MR) is 137 cm³/mol. The first-order valence-corrected chi connectivity index (χ1v) is 11.4. The van der Waals surface area contributed by atoms with Gasteiger partial charge in [0.25, 0.3) is 5.91 Å². The highest BCUT2D eigenvalue weighted by molar-refractivity contribution is 6.06. The third-order valence-corrected chi connectivity index (χ3v) is 6.02. The number of benzene rings is 2. The van der Waals surface area contributed by atoms with Crippen molar-refractivity contribution in [2.24, 2.45) is 0 Å². The molecule has 2 aromatic heterocycles. The average molecular weight is 483 g/mol. The Balaban J connectivity index is 1.60. The van der Waals surface area contributed by atoms with Crippen molar-refractivity contribution in [3.8, 4) is 22.9 Å². The third kappa shape index (κ3) is 4.26. The number of amides is 1. The number of allylic oxidation sites excluding steroid dienone is 1. The van der Waals surface area contributed by atoms with Crippen LogP contribution in [0.25, 0.3) is 11.4 Å². The van der Waals surface area contributed by atoms with Gasteiger partial charge < -0.3 is 20.1 Å². The number of carbonyl (C=O) groups excluding carboxylic acids is 1. The molecular weight excluding hydrogens is 456 g/mol. The summed E-state index contributed by atoms with van der Waals surface area (Å²) in [6.07, 6.45) is 3.27. The number of carbonyl (C=O) groups is 1. The Morgan fingerprint density at radius 3 is 2.58 bits per heavy atom. The predicted octanol–water partition coefficient (Wildman–Crippen LogP) is 4.59. The van der Waals surface area contributed by atoms with E-state index in [0.717, 1.165) is 16.7 Å². The van der Waals surface area contributed by atoms with Gasteiger partial charge in [-0.2, -0.15) is 4.98 Å². The zero-order valence-electron chi connectivity index (χ0n) is 20.4. The molecular formula is C27H26N6O3. The SMILES string of the molecule is COc1ccc(-c2nc3n(n2)C(c2cccc(C)c2)C(C(=O)Nc2cccnc2)=C(C)N3)cc1OC.